The first-order valence-corrected chi connectivity index (χ1v) is 12.5. The molecule has 1 aromatic carbocycles. The summed E-state index contributed by atoms with van der Waals surface area (Å²) in [6, 6.07) is 6.57. The topological polar surface area (TPSA) is 88.4 Å². The van der Waals surface area contributed by atoms with Gasteiger partial charge in [0.25, 0.3) is 0 Å². The number of alkyl carbamates (subject to hydrolysis) is 1. The number of rotatable bonds is 5. The van der Waals surface area contributed by atoms with Gasteiger partial charge < -0.3 is 19.9 Å². The van der Waals surface area contributed by atoms with Crippen molar-refractivity contribution in [3.05, 3.63) is 36.8 Å². The fraction of sp³-hybridized carbons (Fsp3) is 0.538. The first-order valence-electron chi connectivity index (χ1n) is 12.5. The molecule has 35 heavy (non-hydrogen) atoms. The number of amides is 1. The minimum Gasteiger partial charge on any atom is -0.444 e. The molecular formula is C26H35N7O2. The van der Waals surface area contributed by atoms with Crippen LogP contribution in [-0.2, 0) is 4.74 Å². The van der Waals surface area contributed by atoms with Crippen LogP contribution in [0.3, 0.4) is 0 Å². The molecule has 1 aliphatic carbocycles. The molecule has 1 saturated carbocycles. The summed E-state index contributed by atoms with van der Waals surface area (Å²) in [7, 11) is 2.16. The van der Waals surface area contributed by atoms with E-state index in [2.05, 4.69) is 45.6 Å². The van der Waals surface area contributed by atoms with Crippen molar-refractivity contribution in [1.82, 2.24) is 30.0 Å². The number of carbonyl (C=O) groups is 1. The molecule has 9 heteroatoms. The van der Waals surface area contributed by atoms with Crippen LogP contribution in [0.4, 0.5) is 10.5 Å². The molecule has 1 saturated heterocycles. The number of ether oxygens (including phenoxy) is 1. The van der Waals surface area contributed by atoms with Gasteiger partial charge in [-0.2, -0.15) is 5.10 Å². The zero-order valence-electron chi connectivity index (χ0n) is 21.1. The summed E-state index contributed by atoms with van der Waals surface area (Å²) in [5.41, 5.74) is 4.35. The quantitative estimate of drug-likeness (QED) is 0.599. The van der Waals surface area contributed by atoms with Gasteiger partial charge in [0, 0.05) is 44.5 Å². The number of benzene rings is 1. The van der Waals surface area contributed by atoms with Crippen LogP contribution in [0.15, 0.2) is 36.8 Å². The van der Waals surface area contributed by atoms with Crippen LogP contribution in [0.2, 0.25) is 0 Å². The normalized spacial score (nSPS) is 21.1. The molecule has 2 aromatic heterocycles. The summed E-state index contributed by atoms with van der Waals surface area (Å²) in [6.07, 6.45) is 7.39. The molecule has 9 nitrogen and oxygen atoms in total. The lowest BCUT2D eigenvalue weighted by atomic mass is 9.80. The molecule has 2 aliphatic rings. The molecule has 3 aromatic rings. The van der Waals surface area contributed by atoms with E-state index < -0.39 is 5.60 Å². The van der Waals surface area contributed by atoms with E-state index in [4.69, 9.17) is 14.7 Å². The number of para-hydroxylation sites is 1. The van der Waals surface area contributed by atoms with Crippen LogP contribution in [0.5, 0.6) is 0 Å². The van der Waals surface area contributed by atoms with Gasteiger partial charge in [-0.3, -0.25) is 9.67 Å². The van der Waals surface area contributed by atoms with Crippen LogP contribution in [-0.4, -0.2) is 76.1 Å². The zero-order chi connectivity index (χ0) is 24.6. The predicted octanol–water partition coefficient (Wildman–Crippen LogP) is 3.72. The van der Waals surface area contributed by atoms with Crippen molar-refractivity contribution in [1.29, 1.82) is 0 Å². The largest absolute Gasteiger partial charge is 0.444 e. The van der Waals surface area contributed by atoms with Crippen molar-refractivity contribution in [2.45, 2.75) is 45.3 Å². The average Bonchev–Trinajstić information content (AvgIpc) is 3.26. The van der Waals surface area contributed by atoms with E-state index in [1.54, 1.807) is 0 Å². The number of piperazine rings is 1. The second kappa shape index (κ2) is 9.45. The molecule has 186 valence electrons. The lowest BCUT2D eigenvalue weighted by Crippen LogP contribution is -2.44. The van der Waals surface area contributed by atoms with Gasteiger partial charge in [0.15, 0.2) is 0 Å². The van der Waals surface area contributed by atoms with Gasteiger partial charge in [0.1, 0.15) is 11.1 Å². The molecular weight excluding hydrogens is 442 g/mol. The fourth-order valence-electron chi connectivity index (χ4n) is 4.75. The van der Waals surface area contributed by atoms with Crippen LogP contribution >= 0.6 is 0 Å². The van der Waals surface area contributed by atoms with Crippen LogP contribution in [0.25, 0.3) is 22.3 Å². The summed E-state index contributed by atoms with van der Waals surface area (Å²) >= 11 is 0. The van der Waals surface area contributed by atoms with E-state index in [1.165, 1.54) is 0 Å². The number of nitrogens with one attached hydrogen (secondary N) is 1. The second-order valence-electron chi connectivity index (χ2n) is 10.8. The van der Waals surface area contributed by atoms with Crippen LogP contribution in [0, 0.1) is 5.92 Å². The van der Waals surface area contributed by atoms with Gasteiger partial charge in [-0.05, 0) is 58.7 Å². The Bertz CT molecular complexity index is 1190. The third-order valence-electron chi connectivity index (χ3n) is 6.81. The summed E-state index contributed by atoms with van der Waals surface area (Å²) in [4.78, 5) is 26.4. The Morgan fingerprint density at radius 2 is 1.91 bits per heavy atom. The Morgan fingerprint density at radius 1 is 1.14 bits per heavy atom. The number of fused-ring (bicyclic) bond motifs is 1. The SMILES string of the molecule is CN1CCN(c2cccc3ncc(-c4cnn(C5CC(CNC(=O)OC(C)(C)C)C5)c4)nc23)CC1. The van der Waals surface area contributed by atoms with Gasteiger partial charge in [-0.25, -0.2) is 9.78 Å². The highest BCUT2D eigenvalue weighted by Gasteiger charge is 2.32. The number of anilines is 1. The third kappa shape index (κ3) is 5.40. The molecule has 3 heterocycles. The monoisotopic (exact) mass is 477 g/mol. The van der Waals surface area contributed by atoms with Crippen LogP contribution < -0.4 is 10.2 Å². The molecule has 0 atom stereocenters. The molecule has 0 unspecified atom stereocenters. The van der Waals surface area contributed by atoms with Crippen molar-refractivity contribution in [3.63, 3.8) is 0 Å². The maximum Gasteiger partial charge on any atom is 0.407 e. The van der Waals surface area contributed by atoms with Gasteiger partial charge >= 0.3 is 6.09 Å². The average molecular weight is 478 g/mol. The van der Waals surface area contributed by atoms with Crippen LogP contribution in [0.1, 0.15) is 39.7 Å². The number of carbonyl (C=O) groups excluding carboxylic acids is 1. The third-order valence-corrected chi connectivity index (χ3v) is 6.81. The summed E-state index contributed by atoms with van der Waals surface area (Å²) in [5.74, 6) is 0.437. The molecule has 0 bridgehead atoms. The number of likely N-dealkylation sites (N-methyl/N-ethyl adjacent to an activating group) is 1. The number of nitrogens with zero attached hydrogens (tertiary/aromatic N) is 6. The highest BCUT2D eigenvalue weighted by atomic mass is 16.6. The van der Waals surface area contributed by atoms with E-state index in [9.17, 15) is 4.79 Å². The number of hydrogen-bond acceptors (Lipinski definition) is 7. The van der Waals surface area contributed by atoms with E-state index >= 15 is 0 Å². The molecule has 5 rings (SSSR count). The Labute approximate surface area is 206 Å². The van der Waals surface area contributed by atoms with E-state index in [-0.39, 0.29) is 6.09 Å². The minimum atomic E-state index is -0.478. The van der Waals surface area contributed by atoms with Gasteiger partial charge in [-0.1, -0.05) is 6.07 Å². The van der Waals surface area contributed by atoms with Gasteiger partial charge in [-0.15, -0.1) is 0 Å². The summed E-state index contributed by atoms with van der Waals surface area (Å²) in [5, 5.41) is 7.49. The second-order valence-corrected chi connectivity index (χ2v) is 10.8. The highest BCUT2D eigenvalue weighted by Crippen LogP contribution is 2.37. The molecule has 0 spiro atoms. The van der Waals surface area contributed by atoms with E-state index in [1.807, 2.05) is 43.9 Å². The zero-order valence-corrected chi connectivity index (χ0v) is 21.1. The minimum absolute atomic E-state index is 0.337. The lowest BCUT2D eigenvalue weighted by molar-refractivity contribution is 0.0498. The summed E-state index contributed by atoms with van der Waals surface area (Å²) in [6.45, 7) is 10.3. The Hall–Kier alpha value is -3.20. The van der Waals surface area contributed by atoms with Crippen molar-refractivity contribution >= 4 is 22.8 Å². The number of aromatic nitrogens is 4. The first-order chi connectivity index (χ1) is 16.7. The Morgan fingerprint density at radius 3 is 2.66 bits per heavy atom. The van der Waals surface area contributed by atoms with Gasteiger partial charge in [0.2, 0.25) is 0 Å². The maximum absolute atomic E-state index is 11.9. The summed E-state index contributed by atoms with van der Waals surface area (Å²) < 4.78 is 7.34. The standard InChI is InChI=1S/C26H35N7O2/c1-26(2,3)35-25(34)28-14-18-12-20(13-18)33-17-19(15-29-33)22-16-27-21-6-5-7-23(24(21)30-22)32-10-8-31(4)9-11-32/h5-7,15-18,20H,8-14H2,1-4H3,(H,28,34). The van der Waals surface area contributed by atoms with E-state index in [0.717, 1.165) is 67.0 Å². The van der Waals surface area contributed by atoms with E-state index in [0.29, 0.717) is 18.5 Å². The Balaban J connectivity index is 1.24. The molecule has 2 fully saturated rings. The predicted molar refractivity (Wildman–Crippen MR) is 136 cm³/mol. The smallest absolute Gasteiger partial charge is 0.407 e. The maximum atomic E-state index is 11.9. The first kappa shape index (κ1) is 23.5. The fourth-order valence-corrected chi connectivity index (χ4v) is 4.75. The lowest BCUT2D eigenvalue weighted by Gasteiger charge is -2.35. The van der Waals surface area contributed by atoms with Crippen molar-refractivity contribution < 1.29 is 9.53 Å². The Kier molecular flexibility index (Phi) is 6.35. The molecule has 1 aliphatic heterocycles. The number of hydrogen-bond donors (Lipinski definition) is 1. The van der Waals surface area contributed by atoms with Crippen molar-refractivity contribution in [2.75, 3.05) is 44.7 Å². The molecule has 1 amide bonds. The highest BCUT2D eigenvalue weighted by molar-refractivity contribution is 5.89. The molecule has 0 radical (unpaired) electrons. The van der Waals surface area contributed by atoms with Crippen molar-refractivity contribution in [3.8, 4) is 11.3 Å². The molecule has 1 N–H and O–H groups in total. The van der Waals surface area contributed by atoms with Gasteiger partial charge in [0.05, 0.1) is 35.3 Å². The van der Waals surface area contributed by atoms with Crippen molar-refractivity contribution in [2.24, 2.45) is 5.92 Å².